The maximum absolute atomic E-state index is 4.50. The molecule has 0 bridgehead atoms. The minimum absolute atomic E-state index is 0.881. The Labute approximate surface area is 97.7 Å². The second-order valence-electron chi connectivity index (χ2n) is 3.80. The van der Waals surface area contributed by atoms with Gasteiger partial charge in [-0.25, -0.2) is 4.98 Å². The predicted molar refractivity (Wildman–Crippen MR) is 69.5 cm³/mol. The molecule has 0 unspecified atom stereocenters. The van der Waals surface area contributed by atoms with E-state index in [1.54, 1.807) is 0 Å². The lowest BCUT2D eigenvalue weighted by molar-refractivity contribution is 0.328. The van der Waals surface area contributed by atoms with Gasteiger partial charge in [-0.1, -0.05) is 26.0 Å². The Morgan fingerprint density at radius 1 is 1.19 bits per heavy atom. The SMILES string of the molecule is CC.Cc1nc2ccccc2n1CN(C)C. The molecule has 3 nitrogen and oxygen atoms in total. The number of fused-ring (bicyclic) bond motifs is 1. The van der Waals surface area contributed by atoms with Gasteiger partial charge in [-0.05, 0) is 33.2 Å². The number of nitrogens with zero attached hydrogens (tertiary/aromatic N) is 3. The van der Waals surface area contributed by atoms with Crippen LogP contribution >= 0.6 is 0 Å². The minimum Gasteiger partial charge on any atom is -0.314 e. The molecule has 0 saturated carbocycles. The van der Waals surface area contributed by atoms with Crippen molar-refractivity contribution < 1.29 is 0 Å². The van der Waals surface area contributed by atoms with E-state index in [-0.39, 0.29) is 0 Å². The number of imidazole rings is 1. The van der Waals surface area contributed by atoms with Crippen molar-refractivity contribution in [1.29, 1.82) is 0 Å². The number of hydrogen-bond donors (Lipinski definition) is 0. The van der Waals surface area contributed by atoms with E-state index >= 15 is 0 Å². The Bertz CT molecular complexity index is 443. The normalized spacial score (nSPS) is 10.4. The zero-order chi connectivity index (χ0) is 12.1. The van der Waals surface area contributed by atoms with E-state index in [0.29, 0.717) is 0 Å². The van der Waals surface area contributed by atoms with E-state index in [1.165, 1.54) is 5.52 Å². The van der Waals surface area contributed by atoms with E-state index in [1.807, 2.05) is 26.8 Å². The van der Waals surface area contributed by atoms with Crippen molar-refractivity contribution in [2.24, 2.45) is 0 Å². The molecule has 3 heteroatoms. The highest BCUT2D eigenvalue weighted by Gasteiger charge is 2.05. The molecule has 0 atom stereocenters. The number of benzene rings is 1. The summed E-state index contributed by atoms with van der Waals surface area (Å²) in [6.45, 7) is 6.93. The lowest BCUT2D eigenvalue weighted by Crippen LogP contribution is -2.17. The van der Waals surface area contributed by atoms with Crippen LogP contribution in [-0.2, 0) is 6.67 Å². The van der Waals surface area contributed by atoms with E-state index in [0.717, 1.165) is 18.0 Å². The summed E-state index contributed by atoms with van der Waals surface area (Å²) in [5.41, 5.74) is 2.28. The van der Waals surface area contributed by atoms with Crippen LogP contribution in [0.3, 0.4) is 0 Å². The zero-order valence-corrected chi connectivity index (χ0v) is 10.9. The van der Waals surface area contributed by atoms with Gasteiger partial charge < -0.3 is 4.57 Å². The van der Waals surface area contributed by atoms with E-state index in [2.05, 4.69) is 46.7 Å². The van der Waals surface area contributed by atoms with Gasteiger partial charge in [-0.2, -0.15) is 0 Å². The highest BCUT2D eigenvalue weighted by molar-refractivity contribution is 5.75. The molecule has 0 radical (unpaired) electrons. The summed E-state index contributed by atoms with van der Waals surface area (Å²) in [5, 5.41) is 0. The van der Waals surface area contributed by atoms with Crippen LogP contribution in [-0.4, -0.2) is 28.5 Å². The number of aryl methyl sites for hydroxylation is 1. The van der Waals surface area contributed by atoms with Crippen LogP contribution in [0.15, 0.2) is 24.3 Å². The molecule has 2 rings (SSSR count). The molecule has 1 aromatic carbocycles. The zero-order valence-electron chi connectivity index (χ0n) is 10.9. The van der Waals surface area contributed by atoms with Crippen LogP contribution in [0.2, 0.25) is 0 Å². The van der Waals surface area contributed by atoms with Crippen molar-refractivity contribution in [2.45, 2.75) is 27.4 Å². The average Bonchev–Trinajstić information content (AvgIpc) is 2.58. The monoisotopic (exact) mass is 219 g/mol. The molecule has 1 aromatic heterocycles. The molecule has 0 N–H and O–H groups in total. The first-order valence-corrected chi connectivity index (χ1v) is 5.75. The fourth-order valence-electron chi connectivity index (χ4n) is 1.66. The van der Waals surface area contributed by atoms with Gasteiger partial charge in [0.25, 0.3) is 0 Å². The maximum atomic E-state index is 4.50. The van der Waals surface area contributed by atoms with Crippen LogP contribution in [0.4, 0.5) is 0 Å². The second-order valence-corrected chi connectivity index (χ2v) is 3.80. The lowest BCUT2D eigenvalue weighted by Gasteiger charge is -2.12. The topological polar surface area (TPSA) is 21.1 Å². The Balaban J connectivity index is 0.000000606. The lowest BCUT2D eigenvalue weighted by atomic mass is 10.3. The second kappa shape index (κ2) is 5.66. The molecule has 88 valence electrons. The van der Waals surface area contributed by atoms with Gasteiger partial charge in [0.2, 0.25) is 0 Å². The van der Waals surface area contributed by atoms with Crippen LogP contribution in [0, 0.1) is 6.92 Å². The number of aromatic nitrogens is 2. The molecule has 0 amide bonds. The first kappa shape index (κ1) is 12.7. The Morgan fingerprint density at radius 3 is 2.44 bits per heavy atom. The smallest absolute Gasteiger partial charge is 0.107 e. The predicted octanol–water partition coefficient (Wildman–Crippen LogP) is 2.89. The van der Waals surface area contributed by atoms with Gasteiger partial charge in [0.05, 0.1) is 17.7 Å². The van der Waals surface area contributed by atoms with Crippen LogP contribution in [0.1, 0.15) is 19.7 Å². The van der Waals surface area contributed by atoms with Crippen LogP contribution in [0.5, 0.6) is 0 Å². The summed E-state index contributed by atoms with van der Waals surface area (Å²) >= 11 is 0. The van der Waals surface area contributed by atoms with Crippen molar-refractivity contribution in [3.8, 4) is 0 Å². The van der Waals surface area contributed by atoms with Crippen molar-refractivity contribution in [3.63, 3.8) is 0 Å². The Kier molecular flexibility index (Phi) is 4.50. The number of rotatable bonds is 2. The summed E-state index contributed by atoms with van der Waals surface area (Å²) in [5.74, 6) is 1.07. The summed E-state index contributed by atoms with van der Waals surface area (Å²) in [6.07, 6.45) is 0. The third kappa shape index (κ3) is 2.61. The third-order valence-electron chi connectivity index (χ3n) is 2.27. The molecular weight excluding hydrogens is 198 g/mol. The first-order chi connectivity index (χ1) is 7.68. The molecule has 0 spiro atoms. The third-order valence-corrected chi connectivity index (χ3v) is 2.27. The van der Waals surface area contributed by atoms with Crippen molar-refractivity contribution in [3.05, 3.63) is 30.1 Å². The average molecular weight is 219 g/mol. The maximum Gasteiger partial charge on any atom is 0.107 e. The number of para-hydroxylation sites is 2. The molecule has 1 heterocycles. The molecule has 16 heavy (non-hydrogen) atoms. The highest BCUT2D eigenvalue weighted by atomic mass is 15.2. The fourth-order valence-corrected chi connectivity index (χ4v) is 1.66. The summed E-state index contributed by atoms with van der Waals surface area (Å²) in [7, 11) is 4.13. The van der Waals surface area contributed by atoms with Gasteiger partial charge in [-0.3, -0.25) is 4.90 Å². The quantitative estimate of drug-likeness (QED) is 0.774. The Hall–Kier alpha value is -1.35. The fraction of sp³-hybridized carbons (Fsp3) is 0.462. The van der Waals surface area contributed by atoms with Crippen LogP contribution < -0.4 is 0 Å². The summed E-state index contributed by atoms with van der Waals surface area (Å²) in [6, 6.07) is 8.23. The molecule has 2 aromatic rings. The van der Waals surface area contributed by atoms with Crippen molar-refractivity contribution in [2.75, 3.05) is 14.1 Å². The van der Waals surface area contributed by atoms with Gasteiger partial charge in [0, 0.05) is 0 Å². The van der Waals surface area contributed by atoms with E-state index in [9.17, 15) is 0 Å². The molecule has 0 fully saturated rings. The molecule has 0 aliphatic heterocycles. The first-order valence-electron chi connectivity index (χ1n) is 5.75. The minimum atomic E-state index is 0.881. The van der Waals surface area contributed by atoms with Gasteiger partial charge in [0.15, 0.2) is 0 Å². The van der Waals surface area contributed by atoms with Gasteiger partial charge in [-0.15, -0.1) is 0 Å². The molecule has 0 saturated heterocycles. The summed E-state index contributed by atoms with van der Waals surface area (Å²) < 4.78 is 2.22. The van der Waals surface area contributed by atoms with Gasteiger partial charge in [0.1, 0.15) is 5.82 Å². The van der Waals surface area contributed by atoms with Crippen molar-refractivity contribution >= 4 is 11.0 Å². The molecule has 0 aliphatic rings. The standard InChI is InChI=1S/C11H15N3.C2H6/c1-9-12-10-6-4-5-7-11(10)14(9)8-13(2)3;1-2/h4-7H,8H2,1-3H3;1-2H3. The van der Waals surface area contributed by atoms with Crippen molar-refractivity contribution in [1.82, 2.24) is 14.5 Å². The van der Waals surface area contributed by atoms with Gasteiger partial charge >= 0.3 is 0 Å². The molecule has 0 aliphatic carbocycles. The Morgan fingerprint density at radius 2 is 1.81 bits per heavy atom. The molecular formula is C13H21N3. The van der Waals surface area contributed by atoms with E-state index < -0.39 is 0 Å². The van der Waals surface area contributed by atoms with Crippen LogP contribution in [0.25, 0.3) is 11.0 Å². The largest absolute Gasteiger partial charge is 0.314 e. The van der Waals surface area contributed by atoms with E-state index in [4.69, 9.17) is 0 Å². The highest BCUT2D eigenvalue weighted by Crippen LogP contribution is 2.15. The number of hydrogen-bond acceptors (Lipinski definition) is 2. The summed E-state index contributed by atoms with van der Waals surface area (Å²) in [4.78, 5) is 6.64.